The van der Waals surface area contributed by atoms with Crippen LogP contribution in [0.2, 0.25) is 0 Å². The number of anilines is 1. The van der Waals surface area contributed by atoms with E-state index < -0.39 is 31.3 Å². The summed E-state index contributed by atoms with van der Waals surface area (Å²) in [6, 6.07) is 3.02. The fraction of sp³-hybridized carbons (Fsp3) is 0. The van der Waals surface area contributed by atoms with Crippen LogP contribution in [0, 0.1) is 10.1 Å². The molecule has 7 nitrogen and oxygen atoms in total. The van der Waals surface area contributed by atoms with Crippen molar-refractivity contribution < 1.29 is 36.8 Å². The second-order valence-electron chi connectivity index (χ2n) is 2.40. The number of para-hydroxylation sites is 1. The molecule has 0 atom stereocenters. The SMILES string of the molecule is Nc1c([N+](=O)[O-])cccc1S(=O)(=O)[O-].[Li+]. The van der Waals surface area contributed by atoms with Crippen LogP contribution in [0.3, 0.4) is 0 Å². The third-order valence-electron chi connectivity index (χ3n) is 1.51. The summed E-state index contributed by atoms with van der Waals surface area (Å²) in [5.41, 5.74) is 3.92. The molecule has 15 heavy (non-hydrogen) atoms. The summed E-state index contributed by atoms with van der Waals surface area (Å²) in [5, 5.41) is 10.3. The molecule has 0 unspecified atom stereocenters. The third-order valence-corrected chi connectivity index (χ3v) is 2.40. The summed E-state index contributed by atoms with van der Waals surface area (Å²) in [5.74, 6) is 0. The number of hydrogen-bond acceptors (Lipinski definition) is 6. The summed E-state index contributed by atoms with van der Waals surface area (Å²) in [7, 11) is -4.77. The van der Waals surface area contributed by atoms with Crippen LogP contribution in [0.4, 0.5) is 11.4 Å². The summed E-state index contributed by atoms with van der Waals surface area (Å²) in [6.07, 6.45) is 0. The van der Waals surface area contributed by atoms with Gasteiger partial charge in [-0.2, -0.15) is 0 Å². The van der Waals surface area contributed by atoms with Gasteiger partial charge in [-0.05, 0) is 6.07 Å². The van der Waals surface area contributed by atoms with Gasteiger partial charge in [-0.3, -0.25) is 10.1 Å². The number of nitro groups is 1. The Morgan fingerprint density at radius 1 is 1.33 bits per heavy atom. The van der Waals surface area contributed by atoms with Gasteiger partial charge in [-0.15, -0.1) is 0 Å². The molecular formula is C6H5LiN2O5S. The Balaban J connectivity index is 0.00000196. The van der Waals surface area contributed by atoms with Crippen LogP contribution in [-0.2, 0) is 10.1 Å². The van der Waals surface area contributed by atoms with Crippen molar-refractivity contribution >= 4 is 21.5 Å². The van der Waals surface area contributed by atoms with Crippen molar-refractivity contribution in [3.05, 3.63) is 28.3 Å². The molecule has 1 aromatic rings. The zero-order chi connectivity index (χ0) is 10.9. The van der Waals surface area contributed by atoms with Gasteiger partial charge in [0.25, 0.3) is 5.69 Å². The minimum atomic E-state index is -4.77. The van der Waals surface area contributed by atoms with Crippen LogP contribution in [0.5, 0.6) is 0 Å². The van der Waals surface area contributed by atoms with Gasteiger partial charge in [0.1, 0.15) is 15.8 Å². The molecule has 0 saturated carbocycles. The molecular weight excluding hydrogens is 219 g/mol. The smallest absolute Gasteiger partial charge is 0.744 e. The normalized spacial score (nSPS) is 10.5. The maximum atomic E-state index is 10.6. The van der Waals surface area contributed by atoms with Crippen LogP contribution in [-0.4, -0.2) is 17.9 Å². The van der Waals surface area contributed by atoms with E-state index >= 15 is 0 Å². The van der Waals surface area contributed by atoms with E-state index in [9.17, 15) is 23.1 Å². The van der Waals surface area contributed by atoms with Crippen molar-refractivity contribution in [2.75, 3.05) is 5.73 Å². The van der Waals surface area contributed by atoms with Crippen LogP contribution < -0.4 is 24.6 Å². The second-order valence-corrected chi connectivity index (χ2v) is 3.75. The monoisotopic (exact) mass is 224 g/mol. The van der Waals surface area contributed by atoms with E-state index in [0.717, 1.165) is 18.2 Å². The van der Waals surface area contributed by atoms with Crippen LogP contribution >= 0.6 is 0 Å². The quantitative estimate of drug-likeness (QED) is 0.188. The van der Waals surface area contributed by atoms with Crippen molar-refractivity contribution in [3.8, 4) is 0 Å². The molecule has 0 aliphatic rings. The van der Waals surface area contributed by atoms with E-state index in [4.69, 9.17) is 5.73 Å². The molecule has 0 bridgehead atoms. The average molecular weight is 224 g/mol. The van der Waals surface area contributed by atoms with Crippen LogP contribution in [0.1, 0.15) is 0 Å². The van der Waals surface area contributed by atoms with Gasteiger partial charge < -0.3 is 10.3 Å². The Labute approximate surface area is 97.4 Å². The first kappa shape index (κ1) is 13.9. The minimum absolute atomic E-state index is 0. The third kappa shape index (κ3) is 2.94. The molecule has 9 heteroatoms. The summed E-state index contributed by atoms with van der Waals surface area (Å²) >= 11 is 0. The predicted octanol–water partition coefficient (Wildman–Crippen LogP) is -2.91. The molecule has 76 valence electrons. The van der Waals surface area contributed by atoms with E-state index in [-0.39, 0.29) is 18.9 Å². The molecule has 0 saturated heterocycles. The number of hydrogen-bond donors (Lipinski definition) is 1. The molecule has 2 N–H and O–H groups in total. The van der Waals surface area contributed by atoms with Crippen molar-refractivity contribution in [3.63, 3.8) is 0 Å². The van der Waals surface area contributed by atoms with Gasteiger partial charge >= 0.3 is 18.9 Å². The molecule has 0 aromatic heterocycles. The maximum absolute atomic E-state index is 10.6. The van der Waals surface area contributed by atoms with Crippen LogP contribution in [0.15, 0.2) is 23.1 Å². The van der Waals surface area contributed by atoms with Crippen molar-refractivity contribution in [1.82, 2.24) is 0 Å². The number of rotatable bonds is 2. The number of nitrogens with zero attached hydrogens (tertiary/aromatic N) is 1. The van der Waals surface area contributed by atoms with Crippen molar-refractivity contribution in [2.24, 2.45) is 0 Å². The molecule has 0 spiro atoms. The van der Waals surface area contributed by atoms with Gasteiger partial charge in [0.05, 0.1) is 9.82 Å². The van der Waals surface area contributed by atoms with Gasteiger partial charge in [0.15, 0.2) is 0 Å². The molecule has 0 amide bonds. The van der Waals surface area contributed by atoms with Crippen LogP contribution in [0.25, 0.3) is 0 Å². The van der Waals surface area contributed by atoms with E-state index in [2.05, 4.69) is 0 Å². The number of nitro benzene ring substituents is 1. The van der Waals surface area contributed by atoms with Gasteiger partial charge in [0.2, 0.25) is 0 Å². The fourth-order valence-corrected chi connectivity index (χ4v) is 1.53. The first-order valence-corrected chi connectivity index (χ1v) is 4.73. The van der Waals surface area contributed by atoms with E-state index in [0.29, 0.717) is 0 Å². The first-order valence-electron chi connectivity index (χ1n) is 3.33. The Morgan fingerprint density at radius 3 is 2.27 bits per heavy atom. The zero-order valence-electron chi connectivity index (χ0n) is 7.71. The molecule has 1 rings (SSSR count). The summed E-state index contributed by atoms with van der Waals surface area (Å²) in [6.45, 7) is 0. The molecule has 0 radical (unpaired) electrons. The number of benzene rings is 1. The Morgan fingerprint density at radius 2 is 1.87 bits per heavy atom. The van der Waals surface area contributed by atoms with Crippen molar-refractivity contribution in [1.29, 1.82) is 0 Å². The fourth-order valence-electron chi connectivity index (χ4n) is 0.910. The summed E-state index contributed by atoms with van der Waals surface area (Å²) in [4.78, 5) is 8.70. The largest absolute Gasteiger partial charge is 1.00 e. The molecule has 0 fully saturated rings. The second kappa shape index (κ2) is 4.63. The Kier molecular flexibility index (Phi) is 4.30. The van der Waals surface area contributed by atoms with Gasteiger partial charge in [0, 0.05) is 6.07 Å². The van der Waals surface area contributed by atoms with Gasteiger partial charge in [-0.25, -0.2) is 8.42 Å². The minimum Gasteiger partial charge on any atom is -0.744 e. The molecule has 1 aromatic carbocycles. The van der Waals surface area contributed by atoms with Gasteiger partial charge in [-0.1, -0.05) is 6.07 Å². The average Bonchev–Trinajstić information content (AvgIpc) is 2.01. The van der Waals surface area contributed by atoms with Crippen molar-refractivity contribution in [2.45, 2.75) is 4.90 Å². The van der Waals surface area contributed by atoms with E-state index in [1.165, 1.54) is 0 Å². The molecule has 0 aliphatic carbocycles. The Bertz CT molecular complexity index is 486. The predicted molar refractivity (Wildman–Crippen MR) is 45.5 cm³/mol. The number of nitrogen functional groups attached to an aromatic ring is 1. The standard InChI is InChI=1S/C6H6N2O5S.Li/c7-6-4(8(9)10)2-1-3-5(6)14(11,12)13;/h1-3H,7H2,(H,11,12,13);/q;+1/p-1. The zero-order valence-corrected chi connectivity index (χ0v) is 8.52. The first-order chi connectivity index (χ1) is 6.34. The number of nitrogens with two attached hydrogens (primary N) is 1. The van der Waals surface area contributed by atoms with E-state index in [1.54, 1.807) is 0 Å². The molecule has 0 aliphatic heterocycles. The maximum Gasteiger partial charge on any atom is 1.00 e. The van der Waals surface area contributed by atoms with E-state index in [1.807, 2.05) is 0 Å². The topological polar surface area (TPSA) is 126 Å². The Hall–Kier alpha value is -1.07. The summed E-state index contributed by atoms with van der Waals surface area (Å²) < 4.78 is 31.7. The molecule has 0 heterocycles.